The minimum Gasteiger partial charge on any atom is -0.354 e. The molecule has 9 heteroatoms. The van der Waals surface area contributed by atoms with Crippen molar-refractivity contribution in [1.82, 2.24) is 14.9 Å². The first-order chi connectivity index (χ1) is 12.0. The number of carbonyl (C=O) groups is 2. The number of benzene rings is 1. The number of piperidine rings is 1. The maximum absolute atomic E-state index is 12.7. The molecular weight excluding hydrogens is 344 g/mol. The molecule has 0 spiro atoms. The lowest BCUT2D eigenvalue weighted by Gasteiger charge is -2.26. The summed E-state index contributed by atoms with van der Waals surface area (Å²) in [6.07, 6.45) is 1.77. The zero-order chi connectivity index (χ0) is 17.9. The van der Waals surface area contributed by atoms with E-state index in [1.165, 1.54) is 12.1 Å². The quantitative estimate of drug-likeness (QED) is 0.681. The number of rotatable bonds is 4. The highest BCUT2D eigenvalue weighted by molar-refractivity contribution is 7.89. The predicted octanol–water partition coefficient (Wildman–Crippen LogP) is -0.255. The number of sulfonamides is 1. The van der Waals surface area contributed by atoms with Gasteiger partial charge in [-0.15, -0.1) is 0 Å². The average molecular weight is 366 g/mol. The zero-order valence-corrected chi connectivity index (χ0v) is 14.6. The minimum absolute atomic E-state index is 0.0711. The second-order valence-electron chi connectivity index (χ2n) is 6.25. The maximum Gasteiger partial charge on any atom is 0.243 e. The Labute approximate surface area is 147 Å². The molecule has 0 aromatic heterocycles. The van der Waals surface area contributed by atoms with Gasteiger partial charge in [-0.2, -0.15) is 4.31 Å². The lowest BCUT2D eigenvalue weighted by atomic mass is 9.99. The molecule has 25 heavy (non-hydrogen) atoms. The SMILES string of the molecule is O=C1CN(S(=O)(=O)c2cccc(NC(=O)C3CCCNC3)c2)CCN1. The van der Waals surface area contributed by atoms with Crippen LogP contribution in [0.2, 0.25) is 0 Å². The monoisotopic (exact) mass is 366 g/mol. The maximum atomic E-state index is 12.7. The van der Waals surface area contributed by atoms with Crippen LogP contribution in [-0.2, 0) is 19.6 Å². The van der Waals surface area contributed by atoms with Gasteiger partial charge in [0.2, 0.25) is 21.8 Å². The van der Waals surface area contributed by atoms with Gasteiger partial charge in [-0.25, -0.2) is 8.42 Å². The van der Waals surface area contributed by atoms with Crippen molar-refractivity contribution in [2.75, 3.05) is 38.0 Å². The smallest absolute Gasteiger partial charge is 0.243 e. The first-order valence-electron chi connectivity index (χ1n) is 8.35. The van der Waals surface area contributed by atoms with Crippen molar-refractivity contribution in [3.05, 3.63) is 24.3 Å². The van der Waals surface area contributed by atoms with E-state index in [0.29, 0.717) is 18.8 Å². The van der Waals surface area contributed by atoms with Crippen molar-refractivity contribution in [2.24, 2.45) is 5.92 Å². The van der Waals surface area contributed by atoms with Gasteiger partial charge in [-0.3, -0.25) is 9.59 Å². The Kier molecular flexibility index (Phi) is 5.36. The molecule has 0 radical (unpaired) electrons. The first kappa shape index (κ1) is 17.8. The summed E-state index contributed by atoms with van der Waals surface area (Å²) in [5.41, 5.74) is 0.443. The van der Waals surface area contributed by atoms with Gasteiger partial charge < -0.3 is 16.0 Å². The first-order valence-corrected chi connectivity index (χ1v) is 9.79. The van der Waals surface area contributed by atoms with Crippen LogP contribution in [0, 0.1) is 5.92 Å². The van der Waals surface area contributed by atoms with Gasteiger partial charge in [0.15, 0.2) is 0 Å². The van der Waals surface area contributed by atoms with Gasteiger partial charge in [0.05, 0.1) is 17.4 Å². The highest BCUT2D eigenvalue weighted by atomic mass is 32.2. The summed E-state index contributed by atoms with van der Waals surface area (Å²) in [7, 11) is -3.77. The molecule has 2 aliphatic rings. The molecule has 0 aliphatic carbocycles. The van der Waals surface area contributed by atoms with Gasteiger partial charge >= 0.3 is 0 Å². The number of piperazine rings is 1. The Morgan fingerprint density at radius 3 is 2.84 bits per heavy atom. The number of nitrogens with one attached hydrogen (secondary N) is 3. The van der Waals surface area contributed by atoms with Crippen LogP contribution in [-0.4, -0.2) is 57.3 Å². The largest absolute Gasteiger partial charge is 0.354 e. The van der Waals surface area contributed by atoms with Crippen molar-refractivity contribution >= 4 is 27.5 Å². The number of carbonyl (C=O) groups excluding carboxylic acids is 2. The van der Waals surface area contributed by atoms with E-state index in [9.17, 15) is 18.0 Å². The Balaban J connectivity index is 1.74. The van der Waals surface area contributed by atoms with E-state index in [1.54, 1.807) is 12.1 Å². The normalized spacial score (nSPS) is 22.2. The molecule has 0 bridgehead atoms. The third-order valence-electron chi connectivity index (χ3n) is 4.41. The lowest BCUT2D eigenvalue weighted by molar-refractivity contribution is -0.122. The minimum atomic E-state index is -3.77. The summed E-state index contributed by atoms with van der Waals surface area (Å²) in [6, 6.07) is 6.16. The lowest BCUT2D eigenvalue weighted by Crippen LogP contribution is -2.49. The van der Waals surface area contributed by atoms with Crippen LogP contribution in [0.1, 0.15) is 12.8 Å². The molecule has 1 atom stereocenters. The van der Waals surface area contributed by atoms with Crippen LogP contribution < -0.4 is 16.0 Å². The fourth-order valence-electron chi connectivity index (χ4n) is 3.02. The topological polar surface area (TPSA) is 108 Å². The molecular formula is C16H22N4O4S. The van der Waals surface area contributed by atoms with E-state index in [4.69, 9.17) is 0 Å². The fraction of sp³-hybridized carbons (Fsp3) is 0.500. The van der Waals surface area contributed by atoms with Crippen LogP contribution in [0.25, 0.3) is 0 Å². The summed E-state index contributed by atoms with van der Waals surface area (Å²) < 4.78 is 26.5. The standard InChI is InChI=1S/C16H22N4O4S/c21-15-11-20(8-7-18-15)25(23,24)14-5-1-4-13(9-14)19-16(22)12-3-2-6-17-10-12/h1,4-5,9,12,17H,2-3,6-8,10-11H2,(H,18,21)(H,19,22). The number of nitrogens with zero attached hydrogens (tertiary/aromatic N) is 1. The Morgan fingerprint density at radius 1 is 1.28 bits per heavy atom. The van der Waals surface area contributed by atoms with Crippen LogP contribution in [0.5, 0.6) is 0 Å². The Morgan fingerprint density at radius 2 is 2.12 bits per heavy atom. The van der Waals surface area contributed by atoms with Crippen LogP contribution in [0.3, 0.4) is 0 Å². The van der Waals surface area contributed by atoms with Gasteiger partial charge in [0.25, 0.3) is 0 Å². The average Bonchev–Trinajstić information content (AvgIpc) is 2.62. The molecule has 2 aliphatic heterocycles. The number of amides is 2. The van der Waals surface area contributed by atoms with E-state index < -0.39 is 10.0 Å². The highest BCUT2D eigenvalue weighted by Crippen LogP contribution is 2.21. The predicted molar refractivity (Wildman–Crippen MR) is 92.4 cm³/mol. The van der Waals surface area contributed by atoms with E-state index in [1.807, 2.05) is 0 Å². The second kappa shape index (κ2) is 7.51. The molecule has 2 amide bonds. The van der Waals surface area contributed by atoms with Gasteiger partial charge in [-0.1, -0.05) is 6.07 Å². The summed E-state index contributed by atoms with van der Waals surface area (Å²) in [5, 5.41) is 8.58. The van der Waals surface area contributed by atoms with Crippen LogP contribution >= 0.6 is 0 Å². The Hall–Kier alpha value is -1.97. The summed E-state index contributed by atoms with van der Waals surface area (Å²) in [5.74, 6) is -0.539. The molecule has 0 saturated carbocycles. The number of anilines is 1. The molecule has 1 aromatic carbocycles. The Bertz CT molecular complexity index is 759. The van der Waals surface area contributed by atoms with E-state index in [0.717, 1.165) is 23.7 Å². The number of hydrogen-bond donors (Lipinski definition) is 3. The van der Waals surface area contributed by atoms with Crippen molar-refractivity contribution in [1.29, 1.82) is 0 Å². The number of hydrogen-bond acceptors (Lipinski definition) is 5. The van der Waals surface area contributed by atoms with Crippen LogP contribution in [0.4, 0.5) is 5.69 Å². The second-order valence-corrected chi connectivity index (χ2v) is 8.19. The van der Waals surface area contributed by atoms with Gasteiger partial charge in [-0.05, 0) is 37.6 Å². The molecule has 3 rings (SSSR count). The highest BCUT2D eigenvalue weighted by Gasteiger charge is 2.29. The van der Waals surface area contributed by atoms with Crippen molar-refractivity contribution < 1.29 is 18.0 Å². The van der Waals surface area contributed by atoms with Crippen molar-refractivity contribution in [3.63, 3.8) is 0 Å². The molecule has 136 valence electrons. The van der Waals surface area contributed by atoms with E-state index in [2.05, 4.69) is 16.0 Å². The van der Waals surface area contributed by atoms with E-state index in [-0.39, 0.29) is 35.7 Å². The summed E-state index contributed by atoms with van der Waals surface area (Å²) >= 11 is 0. The zero-order valence-electron chi connectivity index (χ0n) is 13.8. The molecule has 1 aromatic rings. The molecule has 2 fully saturated rings. The third-order valence-corrected chi connectivity index (χ3v) is 6.25. The molecule has 3 N–H and O–H groups in total. The van der Waals surface area contributed by atoms with Gasteiger partial charge in [0, 0.05) is 25.3 Å². The molecule has 2 heterocycles. The van der Waals surface area contributed by atoms with E-state index >= 15 is 0 Å². The molecule has 1 unspecified atom stereocenters. The van der Waals surface area contributed by atoms with Crippen molar-refractivity contribution in [3.8, 4) is 0 Å². The summed E-state index contributed by atoms with van der Waals surface area (Å²) in [6.45, 7) is 1.89. The van der Waals surface area contributed by atoms with Gasteiger partial charge in [0.1, 0.15) is 0 Å². The van der Waals surface area contributed by atoms with Crippen molar-refractivity contribution in [2.45, 2.75) is 17.7 Å². The molecule has 2 saturated heterocycles. The summed E-state index contributed by atoms with van der Waals surface area (Å²) in [4.78, 5) is 23.8. The molecule has 8 nitrogen and oxygen atoms in total. The fourth-order valence-corrected chi connectivity index (χ4v) is 4.47. The van der Waals surface area contributed by atoms with Crippen LogP contribution in [0.15, 0.2) is 29.2 Å². The third kappa shape index (κ3) is 4.17.